The fraction of sp³-hybridized carbons (Fsp3) is 0.357. The first-order valence-electron chi connectivity index (χ1n) is 12.7. The highest BCUT2D eigenvalue weighted by atomic mass is 32.2. The van der Waals surface area contributed by atoms with Gasteiger partial charge in [-0.2, -0.15) is 4.31 Å². The van der Waals surface area contributed by atoms with Crippen molar-refractivity contribution in [2.75, 3.05) is 51.6 Å². The van der Waals surface area contributed by atoms with Crippen molar-refractivity contribution in [1.82, 2.24) is 14.1 Å². The Kier molecular flexibility index (Phi) is 7.28. The van der Waals surface area contributed by atoms with Gasteiger partial charge in [0.05, 0.1) is 10.8 Å². The molecule has 2 aliphatic rings. The number of anilines is 1. The summed E-state index contributed by atoms with van der Waals surface area (Å²) in [6.07, 6.45) is 1.24. The summed E-state index contributed by atoms with van der Waals surface area (Å²) in [5.41, 5.74) is 1.18. The predicted octanol–water partition coefficient (Wildman–Crippen LogP) is 3.27. The minimum atomic E-state index is -3.71. The van der Waals surface area contributed by atoms with E-state index in [1.165, 1.54) is 4.31 Å². The third-order valence-electron chi connectivity index (χ3n) is 7.30. The predicted molar refractivity (Wildman–Crippen MR) is 144 cm³/mol. The van der Waals surface area contributed by atoms with E-state index in [9.17, 15) is 18.0 Å². The van der Waals surface area contributed by atoms with Crippen LogP contribution in [0.4, 0.5) is 5.69 Å². The lowest BCUT2D eigenvalue weighted by molar-refractivity contribution is -0.120. The fourth-order valence-corrected chi connectivity index (χ4v) is 6.54. The van der Waals surface area contributed by atoms with Crippen molar-refractivity contribution >= 4 is 38.3 Å². The smallest absolute Gasteiger partial charge is 0.253 e. The molecule has 0 radical (unpaired) electrons. The number of carbonyl (C=O) groups excluding carboxylic acids is 2. The van der Waals surface area contributed by atoms with Gasteiger partial charge in [-0.25, -0.2) is 8.42 Å². The van der Waals surface area contributed by atoms with Gasteiger partial charge in [-0.1, -0.05) is 30.3 Å². The summed E-state index contributed by atoms with van der Waals surface area (Å²) in [5.74, 6) is -0.667. The van der Waals surface area contributed by atoms with Gasteiger partial charge in [-0.05, 0) is 67.1 Å². The van der Waals surface area contributed by atoms with Crippen molar-refractivity contribution in [3.8, 4) is 0 Å². The molecule has 5 rings (SSSR count). The normalized spacial score (nSPS) is 19.6. The minimum absolute atomic E-state index is 0.00667. The first kappa shape index (κ1) is 25.4. The lowest BCUT2D eigenvalue weighted by Crippen LogP contribution is -2.47. The summed E-state index contributed by atoms with van der Waals surface area (Å²) in [6.45, 7) is 3.65. The highest BCUT2D eigenvalue weighted by Crippen LogP contribution is 2.27. The van der Waals surface area contributed by atoms with Crippen LogP contribution in [0, 0.1) is 5.92 Å². The molecule has 3 aromatic rings. The summed E-state index contributed by atoms with van der Waals surface area (Å²) in [6, 6.07) is 19.7. The van der Waals surface area contributed by atoms with Crippen molar-refractivity contribution in [1.29, 1.82) is 0 Å². The summed E-state index contributed by atoms with van der Waals surface area (Å²) in [7, 11) is -1.67. The van der Waals surface area contributed by atoms with Crippen LogP contribution in [0.2, 0.25) is 0 Å². The average molecular weight is 521 g/mol. The highest BCUT2D eigenvalue weighted by Gasteiger charge is 2.33. The van der Waals surface area contributed by atoms with Crippen LogP contribution < -0.4 is 5.32 Å². The topological polar surface area (TPSA) is 90.0 Å². The van der Waals surface area contributed by atoms with Gasteiger partial charge in [0.15, 0.2) is 0 Å². The first-order valence-corrected chi connectivity index (χ1v) is 14.1. The number of sulfonamides is 1. The second kappa shape index (κ2) is 10.6. The Labute approximate surface area is 217 Å². The second-order valence-corrected chi connectivity index (χ2v) is 11.8. The number of likely N-dealkylation sites (N-methyl/N-ethyl adjacent to an activating group) is 1. The molecule has 2 amide bonds. The van der Waals surface area contributed by atoms with Gasteiger partial charge in [0, 0.05) is 50.5 Å². The van der Waals surface area contributed by atoms with Crippen LogP contribution in [0.15, 0.2) is 71.6 Å². The molecule has 9 heteroatoms. The number of carbonyl (C=O) groups is 2. The molecule has 0 spiro atoms. The number of amides is 2. The van der Waals surface area contributed by atoms with E-state index >= 15 is 0 Å². The van der Waals surface area contributed by atoms with Crippen LogP contribution in [0.3, 0.4) is 0 Å². The second-order valence-electron chi connectivity index (χ2n) is 9.87. The number of piperazine rings is 1. The zero-order valence-corrected chi connectivity index (χ0v) is 21.8. The highest BCUT2D eigenvalue weighted by molar-refractivity contribution is 7.89. The third kappa shape index (κ3) is 5.53. The Morgan fingerprint density at radius 1 is 0.865 bits per heavy atom. The maximum atomic E-state index is 13.4. The van der Waals surface area contributed by atoms with Crippen molar-refractivity contribution in [3.05, 3.63) is 72.3 Å². The molecule has 0 aromatic heterocycles. The number of hydrogen-bond acceptors (Lipinski definition) is 5. The Morgan fingerprint density at radius 3 is 2.30 bits per heavy atom. The zero-order valence-electron chi connectivity index (χ0n) is 21.0. The quantitative estimate of drug-likeness (QED) is 0.558. The number of piperidine rings is 1. The molecule has 1 N–H and O–H groups in total. The molecule has 2 fully saturated rings. The number of fused-ring (bicyclic) bond motifs is 1. The molecule has 0 bridgehead atoms. The largest absolute Gasteiger partial charge is 0.336 e. The molecule has 1 atom stereocenters. The fourth-order valence-electron chi connectivity index (χ4n) is 4.98. The molecule has 2 saturated heterocycles. The van der Waals surface area contributed by atoms with Gasteiger partial charge >= 0.3 is 0 Å². The van der Waals surface area contributed by atoms with E-state index in [0.29, 0.717) is 43.7 Å². The maximum absolute atomic E-state index is 13.4. The van der Waals surface area contributed by atoms with Crippen molar-refractivity contribution in [2.45, 2.75) is 17.7 Å². The Balaban J connectivity index is 1.22. The Morgan fingerprint density at radius 2 is 1.57 bits per heavy atom. The van der Waals surface area contributed by atoms with Crippen LogP contribution in [0.5, 0.6) is 0 Å². The lowest BCUT2D eigenvalue weighted by Gasteiger charge is -2.32. The molecule has 2 aliphatic heterocycles. The van der Waals surface area contributed by atoms with Gasteiger partial charge in [-0.3, -0.25) is 9.59 Å². The molecule has 3 aromatic carbocycles. The van der Waals surface area contributed by atoms with Crippen LogP contribution in [0.1, 0.15) is 23.2 Å². The van der Waals surface area contributed by atoms with Crippen molar-refractivity contribution in [3.63, 3.8) is 0 Å². The molecule has 0 aliphatic carbocycles. The number of benzene rings is 3. The standard InChI is InChI=1S/C28H32N4O4S/c1-30-15-17-31(18-16-30)28(34)22-8-11-25(12-9-22)29-27(33)24-7-4-14-32(20-24)37(35,36)26-13-10-21-5-2-3-6-23(21)19-26/h2-3,5-6,8-13,19,24H,4,7,14-18,20H2,1H3,(H,29,33). The van der Waals surface area contributed by atoms with Gasteiger partial charge in [-0.15, -0.1) is 0 Å². The van der Waals surface area contributed by atoms with Crippen LogP contribution in [-0.2, 0) is 14.8 Å². The monoisotopic (exact) mass is 520 g/mol. The van der Waals surface area contributed by atoms with Crippen molar-refractivity contribution < 1.29 is 18.0 Å². The number of rotatable bonds is 5. The molecular weight excluding hydrogens is 488 g/mol. The van der Waals surface area contributed by atoms with E-state index in [0.717, 1.165) is 23.9 Å². The summed E-state index contributed by atoms with van der Waals surface area (Å²) in [5, 5.41) is 4.75. The third-order valence-corrected chi connectivity index (χ3v) is 9.16. The van der Waals surface area contributed by atoms with Gasteiger partial charge in [0.25, 0.3) is 5.91 Å². The molecular formula is C28H32N4O4S. The molecule has 0 saturated carbocycles. The molecule has 2 heterocycles. The van der Waals surface area contributed by atoms with Crippen molar-refractivity contribution in [2.24, 2.45) is 5.92 Å². The Bertz CT molecular complexity index is 1400. The van der Waals surface area contributed by atoms with E-state index in [4.69, 9.17) is 0 Å². The van der Waals surface area contributed by atoms with Gasteiger partial charge < -0.3 is 15.1 Å². The summed E-state index contributed by atoms with van der Waals surface area (Å²) in [4.78, 5) is 30.1. The minimum Gasteiger partial charge on any atom is -0.336 e. The lowest BCUT2D eigenvalue weighted by atomic mass is 9.98. The van der Waals surface area contributed by atoms with E-state index in [1.807, 2.05) is 42.3 Å². The zero-order chi connectivity index (χ0) is 26.0. The number of hydrogen-bond donors (Lipinski definition) is 1. The first-order chi connectivity index (χ1) is 17.8. The van der Waals surface area contributed by atoms with Crippen LogP contribution in [0.25, 0.3) is 10.8 Å². The summed E-state index contributed by atoms with van der Waals surface area (Å²) >= 11 is 0. The molecule has 8 nitrogen and oxygen atoms in total. The maximum Gasteiger partial charge on any atom is 0.253 e. The van der Waals surface area contributed by atoms with E-state index in [-0.39, 0.29) is 23.3 Å². The van der Waals surface area contributed by atoms with E-state index in [1.54, 1.807) is 36.4 Å². The number of nitrogens with zero attached hydrogens (tertiary/aromatic N) is 3. The van der Waals surface area contributed by atoms with Crippen LogP contribution in [-0.4, -0.2) is 80.7 Å². The van der Waals surface area contributed by atoms with Crippen LogP contribution >= 0.6 is 0 Å². The van der Waals surface area contributed by atoms with E-state index < -0.39 is 15.9 Å². The number of nitrogens with one attached hydrogen (secondary N) is 1. The van der Waals surface area contributed by atoms with Gasteiger partial charge in [0.1, 0.15) is 0 Å². The SMILES string of the molecule is CN1CCN(C(=O)c2ccc(NC(=O)C3CCCN(S(=O)(=O)c4ccc5ccccc5c4)C3)cc2)CC1. The Hall–Kier alpha value is -3.27. The molecule has 37 heavy (non-hydrogen) atoms. The molecule has 1 unspecified atom stereocenters. The van der Waals surface area contributed by atoms with E-state index in [2.05, 4.69) is 10.2 Å². The van der Waals surface area contributed by atoms with Gasteiger partial charge in [0.2, 0.25) is 15.9 Å². The molecule has 194 valence electrons. The average Bonchev–Trinajstić information content (AvgIpc) is 2.93. The summed E-state index contributed by atoms with van der Waals surface area (Å²) < 4.78 is 28.1.